The first kappa shape index (κ1) is 13.0. The maximum Gasteiger partial charge on any atom is 0.254 e. The molecule has 0 radical (unpaired) electrons. The number of hydrogen-bond acceptors (Lipinski definition) is 4. The van der Waals surface area contributed by atoms with Gasteiger partial charge in [-0.15, -0.1) is 0 Å². The van der Waals surface area contributed by atoms with Crippen LogP contribution in [0.15, 0.2) is 18.2 Å². The second-order valence-electron chi connectivity index (χ2n) is 6.23. The molecule has 0 bridgehead atoms. The van der Waals surface area contributed by atoms with Crippen molar-refractivity contribution in [1.82, 2.24) is 4.90 Å². The Morgan fingerprint density at radius 2 is 1.95 bits per heavy atom. The van der Waals surface area contributed by atoms with Crippen LogP contribution in [0.2, 0.25) is 0 Å². The van der Waals surface area contributed by atoms with Crippen molar-refractivity contribution in [2.75, 3.05) is 26.3 Å². The molecule has 2 heterocycles. The summed E-state index contributed by atoms with van der Waals surface area (Å²) < 4.78 is 11.0. The first-order valence-electron chi connectivity index (χ1n) is 7.67. The third-order valence-electron chi connectivity index (χ3n) is 4.99. The van der Waals surface area contributed by atoms with Crippen LogP contribution in [0.4, 0.5) is 0 Å². The lowest BCUT2D eigenvalue weighted by Gasteiger charge is -2.21. The molecule has 3 atom stereocenters. The van der Waals surface area contributed by atoms with E-state index in [1.165, 1.54) is 0 Å². The molecule has 5 heteroatoms. The van der Waals surface area contributed by atoms with Gasteiger partial charge >= 0.3 is 0 Å². The summed E-state index contributed by atoms with van der Waals surface area (Å²) in [5.74, 6) is 2.53. The second-order valence-corrected chi connectivity index (χ2v) is 6.23. The number of benzene rings is 1. The number of nitrogens with zero attached hydrogens (tertiary/aromatic N) is 1. The standard InChI is InChI=1S/C16H20N2O3/c17-13-3-1-11-8-18(9-12(11)13)16(19)10-2-4-14-15(7-10)21-6-5-20-14/h2,4,7,11-13H,1,3,5-6,8-9,17H2. The second kappa shape index (κ2) is 4.91. The largest absolute Gasteiger partial charge is 0.486 e. The molecule has 4 rings (SSSR count). The lowest BCUT2D eigenvalue weighted by atomic mass is 9.98. The molecular weight excluding hydrogens is 268 g/mol. The number of carbonyl (C=O) groups is 1. The van der Waals surface area contributed by atoms with Gasteiger partial charge in [0.1, 0.15) is 13.2 Å². The van der Waals surface area contributed by atoms with Crippen LogP contribution in [0.1, 0.15) is 23.2 Å². The third kappa shape index (κ3) is 2.16. The highest BCUT2D eigenvalue weighted by Gasteiger charge is 2.42. The molecule has 1 aliphatic carbocycles. The van der Waals surface area contributed by atoms with Crippen LogP contribution in [0, 0.1) is 11.8 Å². The molecule has 1 saturated heterocycles. The van der Waals surface area contributed by atoms with E-state index in [0.29, 0.717) is 36.4 Å². The number of nitrogens with two attached hydrogens (primary N) is 1. The molecule has 0 spiro atoms. The molecule has 2 fully saturated rings. The zero-order valence-electron chi connectivity index (χ0n) is 12.0. The van der Waals surface area contributed by atoms with Crippen molar-refractivity contribution in [2.45, 2.75) is 18.9 Å². The fourth-order valence-corrected chi connectivity index (χ4v) is 3.83. The van der Waals surface area contributed by atoms with Gasteiger partial charge in [0.05, 0.1) is 0 Å². The van der Waals surface area contributed by atoms with Gasteiger partial charge in [-0.1, -0.05) is 0 Å². The zero-order chi connectivity index (χ0) is 14.4. The summed E-state index contributed by atoms with van der Waals surface area (Å²) in [6, 6.07) is 5.70. The van der Waals surface area contributed by atoms with Gasteiger partial charge in [-0.3, -0.25) is 4.79 Å². The van der Waals surface area contributed by atoms with Gasteiger partial charge in [-0.2, -0.15) is 0 Å². The summed E-state index contributed by atoms with van der Waals surface area (Å²) >= 11 is 0. The van der Waals surface area contributed by atoms with Crippen molar-refractivity contribution in [3.05, 3.63) is 23.8 Å². The molecule has 3 aliphatic rings. The minimum atomic E-state index is 0.0774. The van der Waals surface area contributed by atoms with Crippen molar-refractivity contribution in [3.63, 3.8) is 0 Å². The molecule has 2 aliphatic heterocycles. The molecule has 2 N–H and O–H groups in total. The quantitative estimate of drug-likeness (QED) is 0.845. The lowest BCUT2D eigenvalue weighted by molar-refractivity contribution is 0.0778. The maximum absolute atomic E-state index is 12.7. The summed E-state index contributed by atoms with van der Waals surface area (Å²) in [6.45, 7) is 2.73. The molecule has 1 aromatic rings. The molecule has 1 aromatic carbocycles. The Kier molecular flexibility index (Phi) is 3.03. The molecular formula is C16H20N2O3. The van der Waals surface area contributed by atoms with Gasteiger partial charge in [0.25, 0.3) is 5.91 Å². The summed E-state index contributed by atoms with van der Waals surface area (Å²) in [7, 11) is 0. The number of hydrogen-bond donors (Lipinski definition) is 1. The molecule has 5 nitrogen and oxygen atoms in total. The van der Waals surface area contributed by atoms with E-state index >= 15 is 0 Å². The lowest BCUT2D eigenvalue weighted by Crippen LogP contribution is -2.33. The van der Waals surface area contributed by atoms with E-state index in [1.807, 2.05) is 17.0 Å². The van der Waals surface area contributed by atoms with E-state index in [2.05, 4.69) is 0 Å². The van der Waals surface area contributed by atoms with Crippen LogP contribution in [-0.2, 0) is 0 Å². The van der Waals surface area contributed by atoms with Gasteiger partial charge in [0, 0.05) is 24.7 Å². The van der Waals surface area contributed by atoms with E-state index in [0.717, 1.165) is 31.7 Å². The molecule has 1 amide bonds. The predicted octanol–water partition coefficient (Wildman–Crippen LogP) is 1.27. The summed E-state index contributed by atoms with van der Waals surface area (Å²) in [5.41, 5.74) is 6.81. The predicted molar refractivity (Wildman–Crippen MR) is 77.5 cm³/mol. The number of fused-ring (bicyclic) bond motifs is 2. The Bertz CT molecular complexity index is 575. The van der Waals surface area contributed by atoms with E-state index in [9.17, 15) is 4.79 Å². The number of rotatable bonds is 1. The Labute approximate surface area is 124 Å². The number of likely N-dealkylation sites (tertiary alicyclic amines) is 1. The van der Waals surface area contributed by atoms with Crippen molar-refractivity contribution in [3.8, 4) is 11.5 Å². The minimum Gasteiger partial charge on any atom is -0.486 e. The fraction of sp³-hybridized carbons (Fsp3) is 0.562. The van der Waals surface area contributed by atoms with Crippen molar-refractivity contribution in [1.29, 1.82) is 0 Å². The topological polar surface area (TPSA) is 64.8 Å². The highest BCUT2D eigenvalue weighted by Crippen LogP contribution is 2.38. The average Bonchev–Trinajstić information content (AvgIpc) is 3.08. The van der Waals surface area contributed by atoms with Crippen LogP contribution in [0.3, 0.4) is 0 Å². The summed E-state index contributed by atoms with van der Waals surface area (Å²) in [6.07, 6.45) is 2.25. The van der Waals surface area contributed by atoms with Gasteiger partial charge < -0.3 is 20.1 Å². The number of carbonyl (C=O) groups excluding carboxylic acids is 1. The van der Waals surface area contributed by atoms with Gasteiger partial charge in [0.2, 0.25) is 0 Å². The van der Waals surface area contributed by atoms with Gasteiger partial charge in [-0.05, 0) is 42.9 Å². The Hall–Kier alpha value is -1.75. The zero-order valence-corrected chi connectivity index (χ0v) is 12.0. The normalized spacial score (nSPS) is 30.3. The summed E-state index contributed by atoms with van der Waals surface area (Å²) in [5, 5.41) is 0. The first-order valence-corrected chi connectivity index (χ1v) is 7.67. The van der Waals surface area contributed by atoms with Crippen molar-refractivity contribution in [2.24, 2.45) is 17.6 Å². The molecule has 21 heavy (non-hydrogen) atoms. The highest BCUT2D eigenvalue weighted by atomic mass is 16.6. The van der Waals surface area contributed by atoms with E-state index in [-0.39, 0.29) is 11.9 Å². The van der Waals surface area contributed by atoms with Crippen LogP contribution < -0.4 is 15.2 Å². The maximum atomic E-state index is 12.7. The van der Waals surface area contributed by atoms with Crippen LogP contribution in [-0.4, -0.2) is 43.2 Å². The highest BCUT2D eigenvalue weighted by molar-refractivity contribution is 5.95. The van der Waals surface area contributed by atoms with Gasteiger partial charge in [0.15, 0.2) is 11.5 Å². The summed E-state index contributed by atoms with van der Waals surface area (Å²) in [4.78, 5) is 14.6. The monoisotopic (exact) mass is 288 g/mol. The average molecular weight is 288 g/mol. The van der Waals surface area contributed by atoms with E-state index in [4.69, 9.17) is 15.2 Å². The molecule has 0 aromatic heterocycles. The van der Waals surface area contributed by atoms with E-state index < -0.39 is 0 Å². The first-order chi connectivity index (χ1) is 10.2. The molecule has 112 valence electrons. The Balaban J connectivity index is 1.53. The smallest absolute Gasteiger partial charge is 0.254 e. The Morgan fingerprint density at radius 3 is 2.76 bits per heavy atom. The van der Waals surface area contributed by atoms with Gasteiger partial charge in [-0.25, -0.2) is 0 Å². The van der Waals surface area contributed by atoms with Crippen LogP contribution >= 0.6 is 0 Å². The van der Waals surface area contributed by atoms with Crippen molar-refractivity contribution >= 4 is 5.91 Å². The van der Waals surface area contributed by atoms with E-state index in [1.54, 1.807) is 6.07 Å². The fourth-order valence-electron chi connectivity index (χ4n) is 3.83. The molecule has 3 unspecified atom stereocenters. The molecule has 1 saturated carbocycles. The third-order valence-corrected chi connectivity index (χ3v) is 4.99. The number of ether oxygens (including phenoxy) is 2. The minimum absolute atomic E-state index is 0.0774. The van der Waals surface area contributed by atoms with Crippen LogP contribution in [0.25, 0.3) is 0 Å². The SMILES string of the molecule is NC1CCC2CN(C(=O)c3ccc4c(c3)OCCO4)CC12. The van der Waals surface area contributed by atoms with Crippen molar-refractivity contribution < 1.29 is 14.3 Å². The van der Waals surface area contributed by atoms with Crippen LogP contribution in [0.5, 0.6) is 11.5 Å². The Morgan fingerprint density at radius 1 is 1.14 bits per heavy atom. The number of amides is 1.